The van der Waals surface area contributed by atoms with Gasteiger partial charge in [-0.1, -0.05) is 330 Å². The molecule has 0 aromatic carbocycles. The molecule has 9 nitrogen and oxygen atoms in total. The van der Waals surface area contributed by atoms with Crippen molar-refractivity contribution in [2.24, 2.45) is 0 Å². The normalized spacial score (nSPS) is 13.6. The molecule has 0 aliphatic carbocycles. The standard InChI is InChI=1S/C75H136NO8P/c1-6-8-10-12-14-16-18-20-22-24-26-28-30-32-34-35-36-37-38-39-40-42-43-45-47-49-51-53-55-57-59-61-63-65-67-74(77)81-71-73(72-83-85(79,80)82-70-69-76(3,4)5)84-75(78)68-66-64-62-60-58-56-54-52-50-48-46-44-41-33-31-29-27-25-23-21-19-17-15-13-11-9-7-2/h9,11,15,17,21,23,27,29,33,41,46,48,52,54,73H,6-8,10,12-14,16,18-20,22,24-26,28,30-32,34-40,42-45,47,49-51,53,55-72H2,1-5H3/p+1/b11-9-,17-15-,23-21-,29-27-,41-33-,48-46-,54-52-. The van der Waals surface area contributed by atoms with Crippen molar-refractivity contribution in [2.45, 2.75) is 335 Å². The summed E-state index contributed by atoms with van der Waals surface area (Å²) in [7, 11) is 1.46. The van der Waals surface area contributed by atoms with E-state index in [0.29, 0.717) is 17.4 Å². The molecule has 0 rings (SSSR count). The van der Waals surface area contributed by atoms with E-state index in [1.54, 1.807) is 0 Å². The first-order chi connectivity index (χ1) is 41.5. The molecular formula is C75H137NO8P+. The van der Waals surface area contributed by atoms with Crippen LogP contribution in [0.3, 0.4) is 0 Å². The van der Waals surface area contributed by atoms with Crippen LogP contribution in [0.25, 0.3) is 0 Å². The zero-order chi connectivity index (χ0) is 61.9. The summed E-state index contributed by atoms with van der Waals surface area (Å²) in [6.45, 7) is 4.34. The number of ether oxygens (including phenoxy) is 2. The van der Waals surface area contributed by atoms with E-state index in [2.05, 4.69) is 98.9 Å². The highest BCUT2D eigenvalue weighted by molar-refractivity contribution is 7.47. The van der Waals surface area contributed by atoms with Crippen LogP contribution in [0.2, 0.25) is 0 Å². The van der Waals surface area contributed by atoms with E-state index in [9.17, 15) is 19.0 Å². The maximum atomic E-state index is 12.9. The number of likely N-dealkylation sites (N-methyl/N-ethyl adjacent to an activating group) is 1. The van der Waals surface area contributed by atoms with E-state index in [0.717, 1.165) is 96.3 Å². The summed E-state index contributed by atoms with van der Waals surface area (Å²) in [5.41, 5.74) is 0. The molecule has 10 heteroatoms. The van der Waals surface area contributed by atoms with Crippen molar-refractivity contribution in [1.29, 1.82) is 0 Å². The predicted octanol–water partition coefficient (Wildman–Crippen LogP) is 23.3. The molecule has 0 heterocycles. The molecule has 85 heavy (non-hydrogen) atoms. The monoisotopic (exact) mass is 1210 g/mol. The summed E-state index contributed by atoms with van der Waals surface area (Å²) in [5, 5.41) is 0. The molecule has 494 valence electrons. The van der Waals surface area contributed by atoms with Gasteiger partial charge in [0.25, 0.3) is 0 Å². The molecule has 0 saturated heterocycles. The van der Waals surface area contributed by atoms with Crippen LogP contribution in [0.4, 0.5) is 0 Å². The lowest BCUT2D eigenvalue weighted by Gasteiger charge is -2.24. The van der Waals surface area contributed by atoms with Gasteiger partial charge in [-0.2, -0.15) is 0 Å². The average molecular weight is 1210 g/mol. The lowest BCUT2D eigenvalue weighted by molar-refractivity contribution is -0.870. The smallest absolute Gasteiger partial charge is 0.462 e. The van der Waals surface area contributed by atoms with Gasteiger partial charge in [0.1, 0.15) is 19.8 Å². The number of carbonyl (C=O) groups is 2. The van der Waals surface area contributed by atoms with Gasteiger partial charge < -0.3 is 18.9 Å². The number of esters is 2. The predicted molar refractivity (Wildman–Crippen MR) is 367 cm³/mol. The molecule has 0 bridgehead atoms. The zero-order valence-corrected chi connectivity index (χ0v) is 57.2. The van der Waals surface area contributed by atoms with Gasteiger partial charge in [-0.15, -0.1) is 0 Å². The Labute approximate surface area is 526 Å². The van der Waals surface area contributed by atoms with Crippen LogP contribution in [0.15, 0.2) is 85.1 Å². The molecule has 0 radical (unpaired) electrons. The molecule has 1 N–H and O–H groups in total. The van der Waals surface area contributed by atoms with E-state index in [1.807, 2.05) is 21.1 Å². The molecule has 0 saturated carbocycles. The average Bonchev–Trinajstić information content (AvgIpc) is 3.52. The van der Waals surface area contributed by atoms with E-state index < -0.39 is 26.5 Å². The summed E-state index contributed by atoms with van der Waals surface area (Å²) in [4.78, 5) is 35.9. The summed E-state index contributed by atoms with van der Waals surface area (Å²) >= 11 is 0. The van der Waals surface area contributed by atoms with Crippen molar-refractivity contribution in [2.75, 3.05) is 47.5 Å². The van der Waals surface area contributed by atoms with Gasteiger partial charge in [-0.05, 0) is 70.6 Å². The van der Waals surface area contributed by atoms with Crippen LogP contribution < -0.4 is 0 Å². The highest BCUT2D eigenvalue weighted by atomic mass is 31.2. The van der Waals surface area contributed by atoms with Crippen molar-refractivity contribution in [3.05, 3.63) is 85.1 Å². The second kappa shape index (κ2) is 65.6. The second-order valence-electron chi connectivity index (χ2n) is 25.3. The number of phosphoric ester groups is 1. The molecule has 0 aliphatic heterocycles. The Hall–Kier alpha value is -2.81. The number of unbranched alkanes of at least 4 members (excludes halogenated alkanes) is 38. The van der Waals surface area contributed by atoms with Gasteiger partial charge in [-0.25, -0.2) is 4.57 Å². The lowest BCUT2D eigenvalue weighted by Crippen LogP contribution is -2.37. The highest BCUT2D eigenvalue weighted by Crippen LogP contribution is 2.43. The van der Waals surface area contributed by atoms with Gasteiger partial charge >= 0.3 is 19.8 Å². The summed E-state index contributed by atoms with van der Waals surface area (Å²) < 4.78 is 34.7. The van der Waals surface area contributed by atoms with E-state index in [-0.39, 0.29) is 32.0 Å². The Morgan fingerprint density at radius 2 is 0.671 bits per heavy atom. The minimum atomic E-state index is -4.40. The Kier molecular flexibility index (Phi) is 63.5. The molecule has 0 aromatic heterocycles. The number of quaternary nitrogens is 1. The van der Waals surface area contributed by atoms with Gasteiger partial charge in [0.15, 0.2) is 6.10 Å². The van der Waals surface area contributed by atoms with Crippen molar-refractivity contribution in [3.8, 4) is 0 Å². The summed E-state index contributed by atoms with van der Waals surface area (Å²) in [5.74, 6) is -0.811. The molecule has 0 spiro atoms. The molecule has 0 aliphatic rings. The first-order valence-electron chi connectivity index (χ1n) is 35.8. The van der Waals surface area contributed by atoms with Crippen LogP contribution in [0.5, 0.6) is 0 Å². The van der Waals surface area contributed by atoms with Gasteiger partial charge in [-0.3, -0.25) is 18.6 Å². The van der Waals surface area contributed by atoms with Crippen molar-refractivity contribution in [1.82, 2.24) is 0 Å². The quantitative estimate of drug-likeness (QED) is 0.0211. The third kappa shape index (κ3) is 70.2. The van der Waals surface area contributed by atoms with Crippen LogP contribution in [-0.4, -0.2) is 74.9 Å². The minimum Gasteiger partial charge on any atom is -0.462 e. The van der Waals surface area contributed by atoms with Crippen LogP contribution >= 0.6 is 7.82 Å². The Morgan fingerprint density at radius 3 is 1.00 bits per heavy atom. The SMILES string of the molecule is CC/C=C\C/C=C\C/C=C\C/C=C\C/C=C\C/C=C\C/C=C\CCCCCCCC(=O)OC(COC(=O)CCCCCCCCCCCCCCCCCCCCCCCCCCCCCCCCCCCC)COP(=O)(O)OCC[N+](C)(C)C. The fourth-order valence-corrected chi connectivity index (χ4v) is 11.0. The number of rotatable bonds is 66. The lowest BCUT2D eigenvalue weighted by atomic mass is 10.0. The molecule has 2 atom stereocenters. The molecule has 0 amide bonds. The van der Waals surface area contributed by atoms with Crippen molar-refractivity contribution in [3.63, 3.8) is 0 Å². The van der Waals surface area contributed by atoms with Crippen molar-refractivity contribution >= 4 is 19.8 Å². The zero-order valence-electron chi connectivity index (χ0n) is 56.3. The number of allylic oxidation sites excluding steroid dienone is 14. The van der Waals surface area contributed by atoms with Gasteiger partial charge in [0.05, 0.1) is 27.7 Å². The minimum absolute atomic E-state index is 0.0249. The molecular weight excluding hydrogens is 1070 g/mol. The Morgan fingerprint density at radius 1 is 0.376 bits per heavy atom. The van der Waals surface area contributed by atoms with Crippen LogP contribution in [0, 0.1) is 0 Å². The third-order valence-corrected chi connectivity index (χ3v) is 16.7. The number of nitrogens with zero attached hydrogens (tertiary/aromatic N) is 1. The largest absolute Gasteiger partial charge is 0.472 e. The topological polar surface area (TPSA) is 108 Å². The van der Waals surface area contributed by atoms with Crippen LogP contribution in [0.1, 0.15) is 328 Å². The van der Waals surface area contributed by atoms with E-state index >= 15 is 0 Å². The second-order valence-corrected chi connectivity index (χ2v) is 26.7. The Bertz CT molecular complexity index is 1710. The number of hydrogen-bond donors (Lipinski definition) is 1. The van der Waals surface area contributed by atoms with Crippen LogP contribution in [-0.2, 0) is 32.7 Å². The first-order valence-corrected chi connectivity index (χ1v) is 37.3. The number of phosphoric acid groups is 1. The maximum absolute atomic E-state index is 12.9. The highest BCUT2D eigenvalue weighted by Gasteiger charge is 2.27. The summed E-state index contributed by atoms with van der Waals surface area (Å²) in [6.07, 6.45) is 89.9. The third-order valence-electron chi connectivity index (χ3n) is 15.7. The summed E-state index contributed by atoms with van der Waals surface area (Å²) in [6, 6.07) is 0. The van der Waals surface area contributed by atoms with Crippen molar-refractivity contribution < 1.29 is 42.1 Å². The number of carbonyl (C=O) groups excluding carboxylic acids is 2. The Balaban J connectivity index is 4.04. The van der Waals surface area contributed by atoms with Gasteiger partial charge in [0, 0.05) is 12.8 Å². The fraction of sp³-hybridized carbons (Fsp3) is 0.787. The molecule has 0 fully saturated rings. The van der Waals surface area contributed by atoms with Gasteiger partial charge in [0.2, 0.25) is 0 Å². The fourth-order valence-electron chi connectivity index (χ4n) is 10.2. The van der Waals surface area contributed by atoms with E-state index in [4.69, 9.17) is 18.5 Å². The molecule has 2 unspecified atom stereocenters. The first kappa shape index (κ1) is 82.2. The van der Waals surface area contributed by atoms with E-state index in [1.165, 1.54) is 199 Å². The molecule has 0 aromatic rings. The number of hydrogen-bond acceptors (Lipinski definition) is 7. The maximum Gasteiger partial charge on any atom is 0.472 e.